The van der Waals surface area contributed by atoms with Crippen molar-refractivity contribution in [1.82, 2.24) is 15.3 Å². The van der Waals surface area contributed by atoms with Crippen molar-refractivity contribution in [3.05, 3.63) is 42.7 Å². The Kier molecular flexibility index (Phi) is 2.87. The Bertz CT molecular complexity index is 547. The number of nitrogens with one attached hydrogen (secondary N) is 2. The second-order valence-corrected chi connectivity index (χ2v) is 3.94. The Morgan fingerprint density at radius 2 is 1.83 bits per heavy atom. The topological polar surface area (TPSA) is 62.2 Å². The smallest absolute Gasteiger partial charge is 0.196 e. The lowest BCUT2D eigenvalue weighted by atomic mass is 10.2. The van der Waals surface area contributed by atoms with Crippen LogP contribution >= 0.6 is 0 Å². The minimum Gasteiger partial charge on any atom is -0.354 e. The lowest BCUT2D eigenvalue weighted by Crippen LogP contribution is -2.26. The largest absolute Gasteiger partial charge is 0.354 e. The fourth-order valence-corrected chi connectivity index (χ4v) is 1.75. The third-order valence-corrected chi connectivity index (χ3v) is 2.62. The number of anilines is 1. The van der Waals surface area contributed by atoms with Gasteiger partial charge in [0, 0.05) is 12.1 Å². The average molecular weight is 239 g/mol. The molecule has 0 bridgehead atoms. The van der Waals surface area contributed by atoms with Gasteiger partial charge in [0.05, 0.1) is 24.6 Å². The minimum absolute atomic E-state index is 0.725. The molecule has 0 radical (unpaired) electrons. The normalized spacial score (nSPS) is 13.9. The lowest BCUT2D eigenvalue weighted by molar-refractivity contribution is 0.959. The van der Waals surface area contributed by atoms with Gasteiger partial charge in [0.25, 0.3) is 0 Å². The van der Waals surface area contributed by atoms with Gasteiger partial charge in [-0.2, -0.15) is 0 Å². The molecule has 2 aromatic rings. The molecule has 1 aromatic heterocycles. The van der Waals surface area contributed by atoms with Crippen LogP contribution < -0.4 is 10.6 Å². The van der Waals surface area contributed by atoms with Crippen LogP contribution in [-0.4, -0.2) is 29.0 Å². The van der Waals surface area contributed by atoms with E-state index in [0.717, 1.165) is 36.1 Å². The molecule has 0 amide bonds. The summed E-state index contributed by atoms with van der Waals surface area (Å²) in [5.41, 5.74) is 1.85. The molecule has 0 fully saturated rings. The molecular weight excluding hydrogens is 226 g/mol. The summed E-state index contributed by atoms with van der Waals surface area (Å²) < 4.78 is 0. The van der Waals surface area contributed by atoms with Gasteiger partial charge in [0.15, 0.2) is 11.8 Å². The van der Waals surface area contributed by atoms with Crippen LogP contribution in [0.15, 0.2) is 47.7 Å². The average Bonchev–Trinajstić information content (AvgIpc) is 2.94. The summed E-state index contributed by atoms with van der Waals surface area (Å²) in [4.78, 5) is 12.9. The van der Waals surface area contributed by atoms with Crippen LogP contribution in [0.3, 0.4) is 0 Å². The number of rotatable bonds is 2. The van der Waals surface area contributed by atoms with Crippen molar-refractivity contribution in [2.75, 3.05) is 18.4 Å². The van der Waals surface area contributed by atoms with Crippen molar-refractivity contribution in [2.45, 2.75) is 0 Å². The summed E-state index contributed by atoms with van der Waals surface area (Å²) in [7, 11) is 0. The zero-order valence-electron chi connectivity index (χ0n) is 9.80. The highest BCUT2D eigenvalue weighted by atomic mass is 15.2. The van der Waals surface area contributed by atoms with Gasteiger partial charge in [-0.25, -0.2) is 9.97 Å². The van der Waals surface area contributed by atoms with Crippen LogP contribution in [0.1, 0.15) is 0 Å². The molecule has 0 aliphatic carbocycles. The van der Waals surface area contributed by atoms with Crippen LogP contribution in [0, 0.1) is 0 Å². The molecule has 18 heavy (non-hydrogen) atoms. The van der Waals surface area contributed by atoms with Gasteiger partial charge in [0.1, 0.15) is 0 Å². The van der Waals surface area contributed by atoms with E-state index in [1.165, 1.54) is 0 Å². The highest BCUT2D eigenvalue weighted by Gasteiger charge is 2.05. The fourth-order valence-electron chi connectivity index (χ4n) is 1.75. The first kappa shape index (κ1) is 10.7. The number of aliphatic imine (C=N–C) groups is 1. The molecule has 5 heteroatoms. The molecule has 1 aliphatic heterocycles. The van der Waals surface area contributed by atoms with Crippen LogP contribution in [-0.2, 0) is 0 Å². The standard InChI is InChI=1S/C13H13N5/c1-2-4-10(5-3-1)12-16-8-11(9-17-12)18-13-14-6-7-15-13/h1-5,8-9H,6-7H2,(H2,14,15,18). The predicted octanol–water partition coefficient (Wildman–Crippen LogP) is 1.51. The lowest BCUT2D eigenvalue weighted by Gasteiger charge is -2.06. The second-order valence-electron chi connectivity index (χ2n) is 3.94. The van der Waals surface area contributed by atoms with E-state index in [2.05, 4.69) is 25.6 Å². The van der Waals surface area contributed by atoms with E-state index in [-0.39, 0.29) is 0 Å². The molecule has 0 spiro atoms. The van der Waals surface area contributed by atoms with Crippen LogP contribution in [0.25, 0.3) is 11.4 Å². The third kappa shape index (κ3) is 2.29. The van der Waals surface area contributed by atoms with Crippen LogP contribution in [0.2, 0.25) is 0 Å². The van der Waals surface area contributed by atoms with Crippen molar-refractivity contribution in [3.8, 4) is 11.4 Å². The van der Waals surface area contributed by atoms with E-state index >= 15 is 0 Å². The summed E-state index contributed by atoms with van der Waals surface area (Å²) in [6, 6.07) is 9.91. The molecular formula is C13H13N5. The maximum atomic E-state index is 4.33. The van der Waals surface area contributed by atoms with Gasteiger partial charge in [-0.05, 0) is 0 Å². The molecule has 1 aliphatic rings. The molecule has 3 rings (SSSR count). The first-order chi connectivity index (χ1) is 8.92. The van der Waals surface area contributed by atoms with Gasteiger partial charge in [0.2, 0.25) is 0 Å². The van der Waals surface area contributed by atoms with Gasteiger partial charge in [-0.3, -0.25) is 4.99 Å². The molecule has 2 N–H and O–H groups in total. The Hall–Kier alpha value is -2.43. The van der Waals surface area contributed by atoms with Crippen molar-refractivity contribution < 1.29 is 0 Å². The van der Waals surface area contributed by atoms with E-state index in [1.54, 1.807) is 12.4 Å². The number of benzene rings is 1. The second kappa shape index (κ2) is 4.83. The predicted molar refractivity (Wildman–Crippen MR) is 71.4 cm³/mol. The first-order valence-electron chi connectivity index (χ1n) is 5.85. The van der Waals surface area contributed by atoms with Crippen molar-refractivity contribution >= 4 is 11.6 Å². The number of aromatic nitrogens is 2. The molecule has 1 aromatic carbocycles. The summed E-state index contributed by atoms with van der Waals surface area (Å²) in [6.45, 7) is 1.69. The van der Waals surface area contributed by atoms with Crippen molar-refractivity contribution in [2.24, 2.45) is 4.99 Å². The number of hydrogen-bond donors (Lipinski definition) is 2. The molecule has 90 valence electrons. The number of hydrogen-bond acceptors (Lipinski definition) is 5. The number of guanidine groups is 1. The summed E-state index contributed by atoms with van der Waals surface area (Å²) in [5.74, 6) is 1.51. The summed E-state index contributed by atoms with van der Waals surface area (Å²) in [5, 5.41) is 6.27. The third-order valence-electron chi connectivity index (χ3n) is 2.62. The monoisotopic (exact) mass is 239 g/mol. The van der Waals surface area contributed by atoms with Gasteiger partial charge in [-0.1, -0.05) is 30.3 Å². The Morgan fingerprint density at radius 3 is 2.50 bits per heavy atom. The molecule has 0 saturated carbocycles. The highest BCUT2D eigenvalue weighted by Crippen LogP contribution is 2.14. The first-order valence-corrected chi connectivity index (χ1v) is 5.85. The highest BCUT2D eigenvalue weighted by molar-refractivity contribution is 5.94. The Labute approximate surface area is 105 Å². The van der Waals surface area contributed by atoms with Gasteiger partial charge >= 0.3 is 0 Å². The fraction of sp³-hybridized carbons (Fsp3) is 0.154. The van der Waals surface area contributed by atoms with Crippen molar-refractivity contribution in [3.63, 3.8) is 0 Å². The number of nitrogens with zero attached hydrogens (tertiary/aromatic N) is 3. The Morgan fingerprint density at radius 1 is 1.06 bits per heavy atom. The van der Waals surface area contributed by atoms with Crippen LogP contribution in [0.4, 0.5) is 5.69 Å². The zero-order chi connectivity index (χ0) is 12.2. The quantitative estimate of drug-likeness (QED) is 0.834. The van der Waals surface area contributed by atoms with E-state index in [9.17, 15) is 0 Å². The minimum atomic E-state index is 0.725. The molecule has 2 heterocycles. The summed E-state index contributed by atoms with van der Waals surface area (Å²) >= 11 is 0. The van der Waals surface area contributed by atoms with E-state index in [4.69, 9.17) is 0 Å². The maximum Gasteiger partial charge on any atom is 0.196 e. The SMILES string of the molecule is c1ccc(-c2ncc(NC3=NCCN3)cn2)cc1. The summed E-state index contributed by atoms with van der Waals surface area (Å²) in [6.07, 6.45) is 3.52. The Balaban J connectivity index is 1.77. The zero-order valence-corrected chi connectivity index (χ0v) is 9.80. The van der Waals surface area contributed by atoms with Gasteiger partial charge < -0.3 is 10.6 Å². The maximum absolute atomic E-state index is 4.33. The van der Waals surface area contributed by atoms with E-state index in [0.29, 0.717) is 0 Å². The van der Waals surface area contributed by atoms with E-state index in [1.807, 2.05) is 30.3 Å². The van der Waals surface area contributed by atoms with E-state index < -0.39 is 0 Å². The molecule has 0 atom stereocenters. The van der Waals surface area contributed by atoms with Crippen molar-refractivity contribution in [1.29, 1.82) is 0 Å². The van der Waals surface area contributed by atoms with Crippen LogP contribution in [0.5, 0.6) is 0 Å². The molecule has 0 saturated heterocycles. The molecule has 5 nitrogen and oxygen atoms in total. The van der Waals surface area contributed by atoms with Gasteiger partial charge in [-0.15, -0.1) is 0 Å². The molecule has 0 unspecified atom stereocenters.